The van der Waals surface area contributed by atoms with Crippen molar-refractivity contribution in [3.05, 3.63) is 34.9 Å². The number of hydrogen-bond donors (Lipinski definition) is 1. The van der Waals surface area contributed by atoms with E-state index >= 15 is 0 Å². The zero-order chi connectivity index (χ0) is 15.4. The van der Waals surface area contributed by atoms with Crippen LogP contribution in [0.25, 0.3) is 0 Å². The first kappa shape index (κ1) is 15.6. The second kappa shape index (κ2) is 6.78. The van der Waals surface area contributed by atoms with E-state index in [1.807, 2.05) is 30.0 Å². The van der Waals surface area contributed by atoms with Gasteiger partial charge in [-0.2, -0.15) is 0 Å². The minimum Gasteiger partial charge on any atom is -0.384 e. The van der Waals surface area contributed by atoms with Crippen LogP contribution in [0, 0.1) is 24.7 Å². The fraction of sp³-hybridized carbons (Fsp3) is 0.500. The molecule has 0 spiro atoms. The molecule has 1 saturated heterocycles. The Bertz CT molecular complexity index is 583. The first-order valence-corrected chi connectivity index (χ1v) is 7.56. The minimum atomic E-state index is -0.196. The van der Waals surface area contributed by atoms with Gasteiger partial charge in [-0.3, -0.25) is 4.79 Å². The number of carbonyl (C=O) groups is 1. The summed E-state index contributed by atoms with van der Waals surface area (Å²) in [5.41, 5.74) is 2.40. The molecule has 1 heterocycles. The number of piperidine rings is 1. The number of aryl methyl sites for hydroxylation is 1. The van der Waals surface area contributed by atoms with Gasteiger partial charge in [-0.05, 0) is 44.7 Å². The summed E-state index contributed by atoms with van der Waals surface area (Å²) in [5, 5.41) is 8.87. The molecule has 0 saturated carbocycles. The van der Waals surface area contributed by atoms with Gasteiger partial charge in [0.15, 0.2) is 0 Å². The summed E-state index contributed by atoms with van der Waals surface area (Å²) in [7, 11) is 0. The number of hydrogen-bond acceptors (Lipinski definition) is 2. The summed E-state index contributed by atoms with van der Waals surface area (Å²) in [5.74, 6) is 6.11. The molecule has 2 unspecified atom stereocenters. The summed E-state index contributed by atoms with van der Waals surface area (Å²) in [6.07, 6.45) is 2.23. The van der Waals surface area contributed by atoms with Gasteiger partial charge in [-0.15, -0.1) is 0 Å². The first-order valence-electron chi connectivity index (χ1n) is 7.56. The number of carbonyl (C=O) groups excluding carboxylic acids is 1. The molecule has 1 aromatic carbocycles. The molecule has 1 aliphatic heterocycles. The first-order chi connectivity index (χ1) is 10.0. The molecule has 112 valence electrons. The molecule has 2 rings (SSSR count). The molecule has 0 radical (unpaired) electrons. The van der Waals surface area contributed by atoms with Crippen molar-refractivity contribution in [2.45, 2.75) is 39.7 Å². The Kier molecular flexibility index (Phi) is 5.03. The molecular weight excluding hydrogens is 262 g/mol. The SMILES string of the molecule is Cc1ccc(C#CCO)c(C(=O)N2CCCC(C)C2C)c1. The van der Waals surface area contributed by atoms with Crippen molar-refractivity contribution in [3.8, 4) is 11.8 Å². The van der Waals surface area contributed by atoms with Gasteiger partial charge in [0, 0.05) is 18.2 Å². The summed E-state index contributed by atoms with van der Waals surface area (Å²) in [6, 6.07) is 5.96. The molecule has 1 N–H and O–H groups in total. The van der Waals surface area contributed by atoms with Gasteiger partial charge >= 0.3 is 0 Å². The van der Waals surface area contributed by atoms with Crippen LogP contribution < -0.4 is 0 Å². The van der Waals surface area contributed by atoms with E-state index in [-0.39, 0.29) is 18.6 Å². The van der Waals surface area contributed by atoms with Crippen molar-refractivity contribution < 1.29 is 9.90 Å². The predicted molar refractivity (Wildman–Crippen MR) is 84.0 cm³/mol. The van der Waals surface area contributed by atoms with Crippen molar-refractivity contribution in [2.75, 3.05) is 13.2 Å². The second-order valence-electron chi connectivity index (χ2n) is 5.87. The normalized spacial score (nSPS) is 21.6. The highest BCUT2D eigenvalue weighted by molar-refractivity contribution is 5.97. The van der Waals surface area contributed by atoms with Crippen LogP contribution in [0.2, 0.25) is 0 Å². The van der Waals surface area contributed by atoms with Gasteiger partial charge in [0.1, 0.15) is 6.61 Å². The van der Waals surface area contributed by atoms with Crippen molar-refractivity contribution in [2.24, 2.45) is 5.92 Å². The van der Waals surface area contributed by atoms with Crippen LogP contribution in [0.4, 0.5) is 0 Å². The van der Waals surface area contributed by atoms with Gasteiger partial charge in [0.05, 0.1) is 5.56 Å². The highest BCUT2D eigenvalue weighted by Gasteiger charge is 2.29. The quantitative estimate of drug-likeness (QED) is 0.806. The molecule has 1 amide bonds. The molecule has 3 heteroatoms. The summed E-state index contributed by atoms with van der Waals surface area (Å²) in [4.78, 5) is 14.9. The molecular formula is C18H23NO2. The number of benzene rings is 1. The van der Waals surface area contributed by atoms with E-state index in [9.17, 15) is 4.79 Å². The van der Waals surface area contributed by atoms with Crippen LogP contribution in [0.3, 0.4) is 0 Å². The minimum absolute atomic E-state index is 0.0555. The fourth-order valence-corrected chi connectivity index (χ4v) is 2.86. The molecule has 0 bridgehead atoms. The van der Waals surface area contributed by atoms with Crippen molar-refractivity contribution >= 4 is 5.91 Å². The fourth-order valence-electron chi connectivity index (χ4n) is 2.86. The molecule has 3 nitrogen and oxygen atoms in total. The molecule has 1 aromatic rings. The van der Waals surface area contributed by atoms with E-state index in [1.165, 1.54) is 6.42 Å². The lowest BCUT2D eigenvalue weighted by Crippen LogP contribution is -2.46. The topological polar surface area (TPSA) is 40.5 Å². The van der Waals surface area contributed by atoms with Gasteiger partial charge in [-0.1, -0.05) is 30.4 Å². The van der Waals surface area contributed by atoms with Gasteiger partial charge in [0.25, 0.3) is 5.91 Å². The zero-order valence-corrected chi connectivity index (χ0v) is 13.0. The Morgan fingerprint density at radius 3 is 2.90 bits per heavy atom. The summed E-state index contributed by atoms with van der Waals surface area (Å²) in [6.45, 7) is 6.91. The van der Waals surface area contributed by atoms with Crippen LogP contribution in [0.1, 0.15) is 48.2 Å². The molecule has 0 aromatic heterocycles. The van der Waals surface area contributed by atoms with Crippen molar-refractivity contribution in [1.29, 1.82) is 0 Å². The molecule has 1 fully saturated rings. The van der Waals surface area contributed by atoms with Gasteiger partial charge in [-0.25, -0.2) is 0 Å². The third-order valence-electron chi connectivity index (χ3n) is 4.34. The smallest absolute Gasteiger partial charge is 0.255 e. The maximum atomic E-state index is 12.9. The Labute approximate surface area is 127 Å². The molecule has 0 aliphatic carbocycles. The Balaban J connectivity index is 2.35. The van der Waals surface area contributed by atoms with E-state index in [0.717, 1.165) is 18.5 Å². The van der Waals surface area contributed by atoms with E-state index in [1.54, 1.807) is 0 Å². The predicted octanol–water partition coefficient (Wildman–Crippen LogP) is 2.60. The molecule has 2 atom stereocenters. The number of likely N-dealkylation sites (tertiary alicyclic amines) is 1. The van der Waals surface area contributed by atoms with Gasteiger partial charge < -0.3 is 10.0 Å². The maximum Gasteiger partial charge on any atom is 0.255 e. The van der Waals surface area contributed by atoms with E-state index in [0.29, 0.717) is 17.0 Å². The molecule has 21 heavy (non-hydrogen) atoms. The van der Waals surface area contributed by atoms with Crippen LogP contribution in [-0.4, -0.2) is 35.1 Å². The van der Waals surface area contributed by atoms with Gasteiger partial charge in [0.2, 0.25) is 0 Å². The van der Waals surface area contributed by atoms with Crippen LogP contribution in [0.5, 0.6) is 0 Å². The summed E-state index contributed by atoms with van der Waals surface area (Å²) >= 11 is 0. The molecule has 1 aliphatic rings. The van der Waals surface area contributed by atoms with E-state index in [4.69, 9.17) is 5.11 Å². The number of nitrogens with zero attached hydrogens (tertiary/aromatic N) is 1. The van der Waals surface area contributed by atoms with Crippen LogP contribution in [0.15, 0.2) is 18.2 Å². The van der Waals surface area contributed by atoms with E-state index < -0.39 is 0 Å². The van der Waals surface area contributed by atoms with E-state index in [2.05, 4.69) is 25.7 Å². The Hall–Kier alpha value is -1.79. The average molecular weight is 285 g/mol. The number of amides is 1. The highest BCUT2D eigenvalue weighted by Crippen LogP contribution is 2.25. The second-order valence-corrected chi connectivity index (χ2v) is 5.87. The van der Waals surface area contributed by atoms with Crippen LogP contribution >= 0.6 is 0 Å². The Morgan fingerprint density at radius 2 is 2.19 bits per heavy atom. The number of rotatable bonds is 1. The lowest BCUT2D eigenvalue weighted by molar-refractivity contribution is 0.0550. The maximum absolute atomic E-state index is 12.9. The van der Waals surface area contributed by atoms with Crippen molar-refractivity contribution in [1.82, 2.24) is 4.90 Å². The zero-order valence-electron chi connectivity index (χ0n) is 13.0. The monoisotopic (exact) mass is 285 g/mol. The third kappa shape index (κ3) is 3.46. The Morgan fingerprint density at radius 1 is 1.43 bits per heavy atom. The van der Waals surface area contributed by atoms with Crippen molar-refractivity contribution in [3.63, 3.8) is 0 Å². The lowest BCUT2D eigenvalue weighted by atomic mass is 9.91. The highest BCUT2D eigenvalue weighted by atomic mass is 16.2. The van der Waals surface area contributed by atoms with Crippen LogP contribution in [-0.2, 0) is 0 Å². The number of aliphatic hydroxyl groups excluding tert-OH is 1. The largest absolute Gasteiger partial charge is 0.384 e. The third-order valence-corrected chi connectivity index (χ3v) is 4.34. The number of aliphatic hydroxyl groups is 1. The average Bonchev–Trinajstić information content (AvgIpc) is 2.48. The lowest BCUT2D eigenvalue weighted by Gasteiger charge is -2.38. The standard InChI is InChI=1S/C18H23NO2/c1-13-8-9-16(7-5-11-20)17(12-13)18(21)19-10-4-6-14(2)15(19)3/h8-9,12,14-15,20H,4,6,10-11H2,1-3H3. The summed E-state index contributed by atoms with van der Waals surface area (Å²) < 4.78 is 0.